The molecule has 4 heteroatoms. The van der Waals surface area contributed by atoms with Crippen LogP contribution in [-0.2, 0) is 0 Å². The molecule has 1 aromatic rings. The molecule has 0 radical (unpaired) electrons. The summed E-state index contributed by atoms with van der Waals surface area (Å²) in [5.74, 6) is 1.12. The summed E-state index contributed by atoms with van der Waals surface area (Å²) in [5, 5.41) is 10.3. The minimum atomic E-state index is 0.200. The molecule has 0 saturated carbocycles. The second-order valence-electron chi connectivity index (χ2n) is 3.17. The minimum absolute atomic E-state index is 0.200. The Labute approximate surface area is 98.4 Å². The van der Waals surface area contributed by atoms with Crippen LogP contribution in [0.15, 0.2) is 23.1 Å². The Hall–Kier alpha value is 0.110. The van der Waals surface area contributed by atoms with Crippen molar-refractivity contribution in [2.24, 2.45) is 5.92 Å². The molecule has 0 heterocycles. The second-order valence-corrected chi connectivity index (χ2v) is 5.08. The zero-order valence-corrected chi connectivity index (χ0v) is 10.2. The number of thioether (sulfide) groups is 1. The highest BCUT2D eigenvalue weighted by atomic mass is 35.5. The van der Waals surface area contributed by atoms with E-state index < -0.39 is 0 Å². The molecule has 1 unspecified atom stereocenters. The molecular formula is C10H12Cl2OS. The van der Waals surface area contributed by atoms with E-state index in [1.165, 1.54) is 0 Å². The van der Waals surface area contributed by atoms with Crippen molar-refractivity contribution < 1.29 is 5.11 Å². The van der Waals surface area contributed by atoms with Gasteiger partial charge in [-0.2, -0.15) is 0 Å². The van der Waals surface area contributed by atoms with E-state index in [1.54, 1.807) is 23.9 Å². The summed E-state index contributed by atoms with van der Waals surface area (Å²) in [5.41, 5.74) is 0. The molecule has 0 aliphatic carbocycles. The maximum Gasteiger partial charge on any atom is 0.0542 e. The number of benzene rings is 1. The lowest BCUT2D eigenvalue weighted by Gasteiger charge is -2.08. The third-order valence-corrected chi connectivity index (χ3v) is 3.79. The van der Waals surface area contributed by atoms with Gasteiger partial charge in [0, 0.05) is 22.3 Å². The molecule has 0 saturated heterocycles. The van der Waals surface area contributed by atoms with Crippen molar-refractivity contribution in [3.63, 3.8) is 0 Å². The number of aliphatic hydroxyl groups excluding tert-OH is 1. The van der Waals surface area contributed by atoms with Gasteiger partial charge in [0.15, 0.2) is 0 Å². The van der Waals surface area contributed by atoms with E-state index in [4.69, 9.17) is 28.3 Å². The molecule has 1 N–H and O–H groups in total. The van der Waals surface area contributed by atoms with Crippen molar-refractivity contribution in [2.75, 3.05) is 12.4 Å². The first-order chi connectivity index (χ1) is 6.63. The molecular weight excluding hydrogens is 239 g/mol. The highest BCUT2D eigenvalue weighted by molar-refractivity contribution is 7.99. The third-order valence-electron chi connectivity index (χ3n) is 1.73. The number of hydrogen-bond donors (Lipinski definition) is 1. The van der Waals surface area contributed by atoms with Crippen LogP contribution in [0.25, 0.3) is 0 Å². The van der Waals surface area contributed by atoms with Gasteiger partial charge in [0.25, 0.3) is 0 Å². The average molecular weight is 251 g/mol. The lowest BCUT2D eigenvalue weighted by Crippen LogP contribution is -2.03. The van der Waals surface area contributed by atoms with Crippen molar-refractivity contribution in [2.45, 2.75) is 11.8 Å². The average Bonchev–Trinajstić information content (AvgIpc) is 2.19. The highest BCUT2D eigenvalue weighted by Gasteiger charge is 2.05. The van der Waals surface area contributed by atoms with Crippen molar-refractivity contribution in [3.8, 4) is 0 Å². The SMILES string of the molecule is CC(CO)CSc1cc(Cl)ccc1Cl. The van der Waals surface area contributed by atoms with Crippen LogP contribution in [0.5, 0.6) is 0 Å². The maximum atomic E-state index is 8.86. The van der Waals surface area contributed by atoms with Gasteiger partial charge in [0.05, 0.1) is 5.02 Å². The summed E-state index contributed by atoms with van der Waals surface area (Å²) < 4.78 is 0. The first-order valence-corrected chi connectivity index (χ1v) is 6.06. The van der Waals surface area contributed by atoms with Crippen LogP contribution in [0.3, 0.4) is 0 Å². The normalized spacial score (nSPS) is 12.9. The van der Waals surface area contributed by atoms with Gasteiger partial charge in [-0.25, -0.2) is 0 Å². The molecule has 1 atom stereocenters. The summed E-state index contributed by atoms with van der Waals surface area (Å²) in [6.07, 6.45) is 0. The molecule has 14 heavy (non-hydrogen) atoms. The van der Waals surface area contributed by atoms with Crippen LogP contribution in [0.4, 0.5) is 0 Å². The minimum Gasteiger partial charge on any atom is -0.396 e. The molecule has 1 aromatic carbocycles. The van der Waals surface area contributed by atoms with E-state index >= 15 is 0 Å². The fourth-order valence-electron chi connectivity index (χ4n) is 0.873. The van der Waals surface area contributed by atoms with Gasteiger partial charge in [-0.15, -0.1) is 11.8 Å². The predicted octanol–water partition coefficient (Wildman–Crippen LogP) is 3.71. The zero-order chi connectivity index (χ0) is 10.6. The van der Waals surface area contributed by atoms with E-state index in [9.17, 15) is 0 Å². The second kappa shape index (κ2) is 5.86. The van der Waals surface area contributed by atoms with Crippen molar-refractivity contribution in [1.82, 2.24) is 0 Å². The molecule has 1 nitrogen and oxygen atoms in total. The molecule has 1 rings (SSSR count). The monoisotopic (exact) mass is 250 g/mol. The Kier molecular flexibility index (Phi) is 5.10. The fourth-order valence-corrected chi connectivity index (χ4v) is 2.38. The Bertz CT molecular complexity index is 304. The van der Waals surface area contributed by atoms with Gasteiger partial charge < -0.3 is 5.11 Å². The number of hydrogen-bond acceptors (Lipinski definition) is 2. The van der Waals surface area contributed by atoms with E-state index in [1.807, 2.05) is 13.0 Å². The number of halogens is 2. The van der Waals surface area contributed by atoms with Gasteiger partial charge in [-0.05, 0) is 24.1 Å². The standard InChI is InChI=1S/C10H12Cl2OS/c1-7(5-13)6-14-10-4-8(11)2-3-9(10)12/h2-4,7,13H,5-6H2,1H3. The maximum absolute atomic E-state index is 8.86. The lowest BCUT2D eigenvalue weighted by atomic mass is 10.2. The Morgan fingerprint density at radius 2 is 2.14 bits per heavy atom. The summed E-state index contributed by atoms with van der Waals surface area (Å²) in [6, 6.07) is 5.40. The van der Waals surface area contributed by atoms with E-state index in [2.05, 4.69) is 0 Å². The number of aliphatic hydroxyl groups is 1. The van der Waals surface area contributed by atoms with Crippen molar-refractivity contribution >= 4 is 35.0 Å². The Balaban J connectivity index is 2.62. The largest absolute Gasteiger partial charge is 0.396 e. The first-order valence-electron chi connectivity index (χ1n) is 4.32. The molecule has 78 valence electrons. The molecule has 0 spiro atoms. The summed E-state index contributed by atoms with van der Waals surface area (Å²) in [7, 11) is 0. The van der Waals surface area contributed by atoms with E-state index in [0.717, 1.165) is 10.6 Å². The van der Waals surface area contributed by atoms with Crippen LogP contribution in [0.1, 0.15) is 6.92 Å². The van der Waals surface area contributed by atoms with Crippen molar-refractivity contribution in [1.29, 1.82) is 0 Å². The van der Waals surface area contributed by atoms with Crippen molar-refractivity contribution in [3.05, 3.63) is 28.2 Å². The van der Waals surface area contributed by atoms with Gasteiger partial charge in [0.2, 0.25) is 0 Å². The van der Waals surface area contributed by atoms with Crippen LogP contribution >= 0.6 is 35.0 Å². The summed E-state index contributed by atoms with van der Waals surface area (Å²) in [4.78, 5) is 0.972. The molecule has 0 aliphatic rings. The van der Waals surface area contributed by atoms with Gasteiger partial charge in [-0.1, -0.05) is 30.1 Å². The van der Waals surface area contributed by atoms with Crippen LogP contribution < -0.4 is 0 Å². The van der Waals surface area contributed by atoms with Crippen LogP contribution in [0, 0.1) is 5.92 Å². The topological polar surface area (TPSA) is 20.2 Å². The summed E-state index contributed by atoms with van der Waals surface area (Å²) in [6.45, 7) is 2.19. The highest BCUT2D eigenvalue weighted by Crippen LogP contribution is 2.30. The predicted molar refractivity (Wildman–Crippen MR) is 63.4 cm³/mol. The zero-order valence-electron chi connectivity index (χ0n) is 7.84. The fraction of sp³-hybridized carbons (Fsp3) is 0.400. The van der Waals surface area contributed by atoms with Crippen LogP contribution in [-0.4, -0.2) is 17.5 Å². The van der Waals surface area contributed by atoms with Gasteiger partial charge in [0.1, 0.15) is 0 Å². The van der Waals surface area contributed by atoms with E-state index in [0.29, 0.717) is 10.0 Å². The van der Waals surface area contributed by atoms with Gasteiger partial charge in [-0.3, -0.25) is 0 Å². The summed E-state index contributed by atoms with van der Waals surface area (Å²) >= 11 is 13.4. The Morgan fingerprint density at radius 3 is 2.79 bits per heavy atom. The molecule has 0 bridgehead atoms. The third kappa shape index (κ3) is 3.70. The lowest BCUT2D eigenvalue weighted by molar-refractivity contribution is 0.250. The van der Waals surface area contributed by atoms with Crippen LogP contribution in [0.2, 0.25) is 10.0 Å². The van der Waals surface area contributed by atoms with Gasteiger partial charge >= 0.3 is 0 Å². The molecule has 0 amide bonds. The Morgan fingerprint density at radius 1 is 1.43 bits per heavy atom. The smallest absolute Gasteiger partial charge is 0.0542 e. The number of rotatable bonds is 4. The molecule has 0 fully saturated rings. The van der Waals surface area contributed by atoms with E-state index in [-0.39, 0.29) is 12.5 Å². The quantitative estimate of drug-likeness (QED) is 0.823. The molecule has 0 aromatic heterocycles. The molecule has 0 aliphatic heterocycles. The first kappa shape index (κ1) is 12.2.